The van der Waals surface area contributed by atoms with E-state index >= 15 is 0 Å². The molecule has 2 aromatic carbocycles. The van der Waals surface area contributed by atoms with Crippen LogP contribution in [0, 0.1) is 6.92 Å². The fourth-order valence-electron chi connectivity index (χ4n) is 2.23. The molecule has 2 aromatic rings. The van der Waals surface area contributed by atoms with Gasteiger partial charge in [-0.05, 0) is 42.3 Å². The standard InChI is InChI=1S/C17H19ClN2O3S/c1-12-4-9-16(15(18)10-12)24(22,23)20(3)11-13-5-7-14(8-6-13)17(21)19-2/h4-10H,11H2,1-3H3,(H,19,21). The van der Waals surface area contributed by atoms with Crippen LogP contribution in [0.25, 0.3) is 0 Å². The maximum atomic E-state index is 12.7. The lowest BCUT2D eigenvalue weighted by Crippen LogP contribution is -2.27. The summed E-state index contributed by atoms with van der Waals surface area (Å²) in [5.41, 5.74) is 2.19. The summed E-state index contributed by atoms with van der Waals surface area (Å²) >= 11 is 6.08. The fraction of sp³-hybridized carbons (Fsp3) is 0.235. The highest BCUT2D eigenvalue weighted by Gasteiger charge is 2.23. The van der Waals surface area contributed by atoms with Crippen molar-refractivity contribution < 1.29 is 13.2 Å². The first-order valence-electron chi connectivity index (χ1n) is 7.29. The quantitative estimate of drug-likeness (QED) is 0.884. The minimum absolute atomic E-state index is 0.0826. The average molecular weight is 367 g/mol. The molecule has 128 valence electrons. The third-order valence-electron chi connectivity index (χ3n) is 3.62. The van der Waals surface area contributed by atoms with E-state index in [1.165, 1.54) is 17.4 Å². The van der Waals surface area contributed by atoms with E-state index in [-0.39, 0.29) is 22.4 Å². The number of nitrogens with one attached hydrogen (secondary N) is 1. The van der Waals surface area contributed by atoms with Gasteiger partial charge in [0.05, 0.1) is 5.02 Å². The summed E-state index contributed by atoms with van der Waals surface area (Å²) in [5.74, 6) is -0.186. The average Bonchev–Trinajstić information content (AvgIpc) is 2.54. The van der Waals surface area contributed by atoms with Gasteiger partial charge in [0.25, 0.3) is 5.91 Å². The number of halogens is 1. The molecule has 24 heavy (non-hydrogen) atoms. The lowest BCUT2D eigenvalue weighted by Gasteiger charge is -2.18. The Morgan fingerprint density at radius 2 is 1.79 bits per heavy atom. The molecule has 7 heteroatoms. The predicted molar refractivity (Wildman–Crippen MR) is 94.7 cm³/mol. The van der Waals surface area contributed by atoms with Crippen LogP contribution < -0.4 is 5.32 Å². The van der Waals surface area contributed by atoms with E-state index in [0.717, 1.165) is 11.1 Å². The lowest BCUT2D eigenvalue weighted by molar-refractivity contribution is 0.0963. The van der Waals surface area contributed by atoms with Crippen LogP contribution in [-0.4, -0.2) is 32.7 Å². The smallest absolute Gasteiger partial charge is 0.251 e. The second-order valence-corrected chi connectivity index (χ2v) is 7.89. The third kappa shape index (κ3) is 3.95. The van der Waals surface area contributed by atoms with Gasteiger partial charge in [0.1, 0.15) is 4.90 Å². The van der Waals surface area contributed by atoms with Gasteiger partial charge in [-0.3, -0.25) is 4.79 Å². The molecule has 0 aliphatic heterocycles. The predicted octanol–water partition coefficient (Wildman–Crippen LogP) is 2.83. The second kappa shape index (κ2) is 7.34. The normalized spacial score (nSPS) is 11.5. The summed E-state index contributed by atoms with van der Waals surface area (Å²) in [4.78, 5) is 11.6. The minimum atomic E-state index is -3.69. The highest BCUT2D eigenvalue weighted by atomic mass is 35.5. The number of carbonyl (C=O) groups is 1. The fourth-order valence-corrected chi connectivity index (χ4v) is 3.96. The maximum absolute atomic E-state index is 12.7. The van der Waals surface area contributed by atoms with E-state index in [0.29, 0.717) is 5.56 Å². The summed E-state index contributed by atoms with van der Waals surface area (Å²) in [7, 11) is -0.638. The summed E-state index contributed by atoms with van der Waals surface area (Å²) in [6, 6.07) is 11.6. The summed E-state index contributed by atoms with van der Waals surface area (Å²) in [6.45, 7) is 2.03. The number of aryl methyl sites for hydroxylation is 1. The summed E-state index contributed by atoms with van der Waals surface area (Å²) in [6.07, 6.45) is 0. The van der Waals surface area contributed by atoms with Crippen molar-refractivity contribution >= 4 is 27.5 Å². The van der Waals surface area contributed by atoms with Crippen LogP contribution in [0.15, 0.2) is 47.4 Å². The van der Waals surface area contributed by atoms with Gasteiger partial charge < -0.3 is 5.32 Å². The Hall–Kier alpha value is -1.89. The van der Waals surface area contributed by atoms with Crippen molar-refractivity contribution in [3.05, 3.63) is 64.2 Å². The molecule has 0 fully saturated rings. The molecule has 5 nitrogen and oxygen atoms in total. The van der Waals surface area contributed by atoms with E-state index in [9.17, 15) is 13.2 Å². The van der Waals surface area contributed by atoms with Crippen molar-refractivity contribution in [2.45, 2.75) is 18.4 Å². The number of rotatable bonds is 5. The number of hydrogen-bond acceptors (Lipinski definition) is 3. The van der Waals surface area contributed by atoms with E-state index < -0.39 is 10.0 Å². The van der Waals surface area contributed by atoms with Crippen LogP contribution in [0.3, 0.4) is 0 Å². The Morgan fingerprint density at radius 3 is 2.33 bits per heavy atom. The van der Waals surface area contributed by atoms with E-state index in [4.69, 9.17) is 11.6 Å². The number of sulfonamides is 1. The number of amides is 1. The van der Waals surface area contributed by atoms with Gasteiger partial charge in [-0.25, -0.2) is 8.42 Å². The molecule has 0 aliphatic carbocycles. The van der Waals surface area contributed by atoms with Gasteiger partial charge in [0, 0.05) is 26.2 Å². The number of hydrogen-bond donors (Lipinski definition) is 1. The van der Waals surface area contributed by atoms with Crippen LogP contribution in [0.5, 0.6) is 0 Å². The van der Waals surface area contributed by atoms with Crippen molar-refractivity contribution in [1.29, 1.82) is 0 Å². The van der Waals surface area contributed by atoms with Crippen molar-refractivity contribution in [2.75, 3.05) is 14.1 Å². The molecule has 0 atom stereocenters. The number of benzene rings is 2. The monoisotopic (exact) mass is 366 g/mol. The Labute approximate surface area is 147 Å². The summed E-state index contributed by atoms with van der Waals surface area (Å²) in [5, 5.41) is 2.74. The molecule has 1 amide bonds. The molecule has 0 saturated carbocycles. The van der Waals surface area contributed by atoms with Crippen molar-refractivity contribution in [1.82, 2.24) is 9.62 Å². The molecule has 2 rings (SSSR count). The van der Waals surface area contributed by atoms with E-state index in [2.05, 4.69) is 5.32 Å². The van der Waals surface area contributed by atoms with Crippen molar-refractivity contribution in [2.24, 2.45) is 0 Å². The molecule has 0 aliphatic rings. The Morgan fingerprint density at radius 1 is 1.17 bits per heavy atom. The Bertz CT molecular complexity index is 849. The highest BCUT2D eigenvalue weighted by molar-refractivity contribution is 7.89. The first kappa shape index (κ1) is 18.4. The molecule has 0 saturated heterocycles. The van der Waals surface area contributed by atoms with Crippen LogP contribution in [0.4, 0.5) is 0 Å². The molecule has 1 N–H and O–H groups in total. The molecular formula is C17H19ClN2O3S. The number of carbonyl (C=O) groups excluding carboxylic acids is 1. The van der Waals surface area contributed by atoms with Gasteiger partial charge in [-0.2, -0.15) is 4.31 Å². The first-order valence-corrected chi connectivity index (χ1v) is 9.11. The van der Waals surface area contributed by atoms with Crippen LogP contribution >= 0.6 is 11.6 Å². The topological polar surface area (TPSA) is 66.5 Å². The van der Waals surface area contributed by atoms with E-state index in [1.54, 1.807) is 43.4 Å². The third-order valence-corrected chi connectivity index (χ3v) is 5.91. The molecule has 0 aromatic heterocycles. The van der Waals surface area contributed by atoms with Gasteiger partial charge >= 0.3 is 0 Å². The van der Waals surface area contributed by atoms with Gasteiger partial charge in [-0.15, -0.1) is 0 Å². The first-order chi connectivity index (χ1) is 11.3. The largest absolute Gasteiger partial charge is 0.355 e. The van der Waals surface area contributed by atoms with Crippen LogP contribution in [0.1, 0.15) is 21.5 Å². The van der Waals surface area contributed by atoms with Gasteiger partial charge in [0.2, 0.25) is 10.0 Å². The maximum Gasteiger partial charge on any atom is 0.251 e. The van der Waals surface area contributed by atoms with E-state index in [1.807, 2.05) is 6.92 Å². The minimum Gasteiger partial charge on any atom is -0.355 e. The molecule has 0 unspecified atom stereocenters. The second-order valence-electron chi connectivity index (χ2n) is 5.47. The number of nitrogens with zero attached hydrogens (tertiary/aromatic N) is 1. The Kier molecular flexibility index (Phi) is 5.64. The highest BCUT2D eigenvalue weighted by Crippen LogP contribution is 2.25. The molecule has 0 heterocycles. The molecular weight excluding hydrogens is 348 g/mol. The van der Waals surface area contributed by atoms with Crippen molar-refractivity contribution in [3.63, 3.8) is 0 Å². The van der Waals surface area contributed by atoms with Crippen LogP contribution in [0.2, 0.25) is 5.02 Å². The van der Waals surface area contributed by atoms with Crippen molar-refractivity contribution in [3.8, 4) is 0 Å². The van der Waals surface area contributed by atoms with Gasteiger partial charge in [0.15, 0.2) is 0 Å². The summed E-state index contributed by atoms with van der Waals surface area (Å²) < 4.78 is 26.6. The zero-order valence-corrected chi connectivity index (χ0v) is 15.3. The van der Waals surface area contributed by atoms with Crippen LogP contribution in [-0.2, 0) is 16.6 Å². The van der Waals surface area contributed by atoms with Gasteiger partial charge in [-0.1, -0.05) is 29.8 Å². The Balaban J connectivity index is 2.22. The zero-order valence-electron chi connectivity index (χ0n) is 13.7. The SMILES string of the molecule is CNC(=O)c1ccc(CN(C)S(=O)(=O)c2ccc(C)cc2Cl)cc1. The molecule has 0 spiro atoms. The molecule has 0 bridgehead atoms. The lowest BCUT2D eigenvalue weighted by atomic mass is 10.1. The zero-order chi connectivity index (χ0) is 17.9. The molecule has 0 radical (unpaired) electrons.